The molecule has 4 aromatic carbocycles. The summed E-state index contributed by atoms with van der Waals surface area (Å²) in [6.45, 7) is 0.367. The topological polar surface area (TPSA) is 108 Å². The number of benzene rings is 4. The summed E-state index contributed by atoms with van der Waals surface area (Å²) in [4.78, 5) is 33.0. The summed E-state index contributed by atoms with van der Waals surface area (Å²) in [5.41, 5.74) is 7.70. The second-order valence-electron chi connectivity index (χ2n) is 11.6. The number of carbonyl (C=O) groups excluding carboxylic acids is 2. The Morgan fingerprint density at radius 2 is 0.938 bits per heavy atom. The zero-order valence-corrected chi connectivity index (χ0v) is 28.1. The van der Waals surface area contributed by atoms with Crippen molar-refractivity contribution in [3.05, 3.63) is 131 Å². The number of amides is 2. The van der Waals surface area contributed by atoms with Gasteiger partial charge in [0.2, 0.25) is 0 Å². The fourth-order valence-corrected chi connectivity index (χ4v) is 6.37. The minimum Gasteiger partial charge on any atom is -0.445 e. The van der Waals surface area contributed by atoms with Gasteiger partial charge in [-0.15, -0.1) is 0 Å². The normalized spacial score (nSPS) is 12.5. The largest absolute Gasteiger partial charge is 0.445 e. The van der Waals surface area contributed by atoms with E-state index in [2.05, 4.69) is 58.0 Å². The lowest BCUT2D eigenvalue weighted by molar-refractivity contribution is 0.135. The third-order valence-electron chi connectivity index (χ3n) is 8.29. The number of rotatable bonds is 13. The molecular weight excluding hydrogens is 641 g/mol. The van der Waals surface area contributed by atoms with Gasteiger partial charge < -0.3 is 30.1 Å². The molecule has 1 unspecified atom stereocenters. The van der Waals surface area contributed by atoms with Crippen LogP contribution in [0, 0.1) is 0 Å². The molecule has 246 valence electrons. The lowest BCUT2D eigenvalue weighted by Crippen LogP contribution is -2.38. The molecule has 0 spiro atoms. The second-order valence-corrected chi connectivity index (χ2v) is 12.4. The molecule has 10 heteroatoms. The summed E-state index contributed by atoms with van der Waals surface area (Å²) >= 11 is 9.20. The molecule has 4 N–H and O–H groups in total. The van der Waals surface area contributed by atoms with E-state index in [0.29, 0.717) is 24.3 Å². The molecule has 6 aromatic rings. The highest BCUT2D eigenvalue weighted by Crippen LogP contribution is 2.37. The number of nitrogens with one attached hydrogen (secondary N) is 4. The Morgan fingerprint density at radius 3 is 1.33 bits per heavy atom. The summed E-state index contributed by atoms with van der Waals surface area (Å²) in [5.74, 6) is 0.825. The van der Waals surface area contributed by atoms with Gasteiger partial charge in [-0.05, 0) is 47.2 Å². The number of aromatic nitrogens is 2. The molecule has 0 radical (unpaired) electrons. The van der Waals surface area contributed by atoms with Crippen molar-refractivity contribution >= 4 is 59.2 Å². The Balaban J connectivity index is 1.26. The number of para-hydroxylation sites is 2. The zero-order chi connectivity index (χ0) is 33.3. The Hall–Kier alpha value is -4.80. The number of fused-ring (bicyclic) bond motifs is 2. The first-order valence-electron chi connectivity index (χ1n) is 15.9. The van der Waals surface area contributed by atoms with Crippen molar-refractivity contribution in [2.24, 2.45) is 0 Å². The fourth-order valence-electron chi connectivity index (χ4n) is 5.93. The van der Waals surface area contributed by atoms with E-state index in [-0.39, 0.29) is 25.3 Å². The summed E-state index contributed by atoms with van der Waals surface area (Å²) < 4.78 is 11.0. The van der Waals surface area contributed by atoms with E-state index >= 15 is 0 Å². The van der Waals surface area contributed by atoms with E-state index in [1.807, 2.05) is 97.1 Å². The molecule has 0 saturated heterocycles. The summed E-state index contributed by atoms with van der Waals surface area (Å²) in [6.07, 6.45) is 0.0379. The van der Waals surface area contributed by atoms with Crippen LogP contribution in [0.5, 0.6) is 0 Å². The number of alkyl carbamates (subject to hydrolysis) is 2. The highest BCUT2D eigenvalue weighted by Gasteiger charge is 2.25. The number of hydrogen-bond donors (Lipinski definition) is 6. The van der Waals surface area contributed by atoms with Crippen LogP contribution in [0.1, 0.15) is 22.3 Å². The van der Waals surface area contributed by atoms with Gasteiger partial charge in [-0.3, -0.25) is 0 Å². The molecule has 2 aromatic heterocycles. The molecule has 8 nitrogen and oxygen atoms in total. The van der Waals surface area contributed by atoms with Crippen LogP contribution in [-0.4, -0.2) is 45.7 Å². The van der Waals surface area contributed by atoms with Crippen molar-refractivity contribution in [1.82, 2.24) is 20.6 Å². The molecule has 48 heavy (non-hydrogen) atoms. The Labute approximate surface area is 290 Å². The highest BCUT2D eigenvalue weighted by atomic mass is 32.1. The third-order valence-corrected chi connectivity index (χ3v) is 9.17. The van der Waals surface area contributed by atoms with Crippen molar-refractivity contribution in [3.63, 3.8) is 0 Å². The van der Waals surface area contributed by atoms with Gasteiger partial charge in [0.15, 0.2) is 0 Å². The third kappa shape index (κ3) is 8.00. The van der Waals surface area contributed by atoms with E-state index in [1.165, 1.54) is 0 Å². The molecular formula is C38H38N4O4S2. The van der Waals surface area contributed by atoms with Crippen LogP contribution in [0.2, 0.25) is 0 Å². The minimum absolute atomic E-state index is 0.183. The molecule has 6 rings (SSSR count). The summed E-state index contributed by atoms with van der Waals surface area (Å²) in [7, 11) is 0. The number of ether oxygens (including phenoxy) is 2. The molecule has 0 bridgehead atoms. The van der Waals surface area contributed by atoms with Crippen LogP contribution in [0.3, 0.4) is 0 Å². The molecule has 2 amide bonds. The molecule has 0 fully saturated rings. The van der Waals surface area contributed by atoms with Crippen molar-refractivity contribution < 1.29 is 19.1 Å². The Morgan fingerprint density at radius 1 is 0.562 bits per heavy atom. The maximum atomic E-state index is 12.8. The highest BCUT2D eigenvalue weighted by molar-refractivity contribution is 7.80. The molecule has 0 aliphatic rings. The molecule has 0 aliphatic carbocycles. The van der Waals surface area contributed by atoms with Crippen molar-refractivity contribution in [2.45, 2.75) is 38.1 Å². The second kappa shape index (κ2) is 15.9. The standard InChI is InChI=1S/C38H38N4O4S2/c43-37(45-21-25-11-3-1-4-12-25)39-27(23-47)19-31-29-15-7-9-17-33(29)41-35(31)36-32(30-16-8-10-18-34(30)42-36)20-28(24-48)40-38(44)46-22-26-13-5-2-6-14-26/h1-18,27-28,41-42,47-48H,19-24H2,(H,39,43)(H,40,44)/t27-,28?/m1/s1. The molecule has 2 heterocycles. The van der Waals surface area contributed by atoms with Gasteiger partial charge in [0.1, 0.15) is 13.2 Å². The van der Waals surface area contributed by atoms with E-state index in [4.69, 9.17) is 9.47 Å². The van der Waals surface area contributed by atoms with Crippen LogP contribution in [0.25, 0.3) is 33.2 Å². The number of aromatic amines is 2. The average Bonchev–Trinajstić information content (AvgIpc) is 3.67. The predicted octanol–water partition coefficient (Wildman–Crippen LogP) is 7.85. The van der Waals surface area contributed by atoms with Crippen LogP contribution in [0.4, 0.5) is 9.59 Å². The van der Waals surface area contributed by atoms with Gasteiger partial charge in [-0.2, -0.15) is 25.3 Å². The first kappa shape index (κ1) is 33.1. The Kier molecular flexibility index (Phi) is 10.9. The van der Waals surface area contributed by atoms with Crippen LogP contribution >= 0.6 is 25.3 Å². The minimum atomic E-state index is -0.493. The first-order chi connectivity index (χ1) is 23.5. The number of thiol groups is 2. The van der Waals surface area contributed by atoms with Gasteiger partial charge in [0.05, 0.1) is 11.4 Å². The van der Waals surface area contributed by atoms with Gasteiger partial charge in [0, 0.05) is 45.4 Å². The van der Waals surface area contributed by atoms with Gasteiger partial charge in [-0.25, -0.2) is 9.59 Å². The predicted molar refractivity (Wildman–Crippen MR) is 198 cm³/mol. The van der Waals surface area contributed by atoms with E-state index in [0.717, 1.165) is 55.4 Å². The summed E-state index contributed by atoms with van der Waals surface area (Å²) in [6, 6.07) is 34.8. The average molecular weight is 679 g/mol. The smallest absolute Gasteiger partial charge is 0.407 e. The molecule has 0 saturated carbocycles. The maximum Gasteiger partial charge on any atom is 0.407 e. The zero-order valence-electron chi connectivity index (χ0n) is 26.3. The van der Waals surface area contributed by atoms with Crippen molar-refractivity contribution in [2.75, 3.05) is 11.5 Å². The first-order valence-corrected chi connectivity index (χ1v) is 17.1. The lowest BCUT2D eigenvalue weighted by atomic mass is 9.97. The lowest BCUT2D eigenvalue weighted by Gasteiger charge is -2.19. The van der Waals surface area contributed by atoms with Crippen molar-refractivity contribution in [3.8, 4) is 11.4 Å². The van der Waals surface area contributed by atoms with Gasteiger partial charge in [-0.1, -0.05) is 97.1 Å². The van der Waals surface area contributed by atoms with E-state index in [9.17, 15) is 9.59 Å². The van der Waals surface area contributed by atoms with Crippen LogP contribution in [-0.2, 0) is 35.5 Å². The monoisotopic (exact) mass is 678 g/mol. The number of hydrogen-bond acceptors (Lipinski definition) is 6. The summed E-state index contributed by atoms with van der Waals surface area (Å²) in [5, 5.41) is 8.13. The van der Waals surface area contributed by atoms with Crippen LogP contribution < -0.4 is 10.6 Å². The van der Waals surface area contributed by atoms with Gasteiger partial charge in [0.25, 0.3) is 0 Å². The molecule has 2 atom stereocenters. The maximum absolute atomic E-state index is 12.8. The van der Waals surface area contributed by atoms with Crippen molar-refractivity contribution in [1.29, 1.82) is 0 Å². The SMILES string of the molecule is O=C(NC(CS)Cc1c(-c2[nH]c3ccccc3c2C[C@H](CS)NC(=O)OCc2ccccc2)[nH]c2ccccc12)OCc1ccccc1. The Bertz CT molecular complexity index is 1830. The quantitative estimate of drug-likeness (QED) is 0.0700. The van der Waals surface area contributed by atoms with E-state index in [1.54, 1.807) is 0 Å². The van der Waals surface area contributed by atoms with Crippen LogP contribution in [0.15, 0.2) is 109 Å². The van der Waals surface area contributed by atoms with E-state index < -0.39 is 12.2 Å². The van der Waals surface area contributed by atoms with Gasteiger partial charge >= 0.3 is 12.2 Å². The number of H-pyrrole nitrogens is 2. The fraction of sp³-hybridized carbons (Fsp3) is 0.211. The number of carbonyl (C=O) groups is 2. The molecule has 0 aliphatic heterocycles.